The molecule has 0 aliphatic heterocycles. The van der Waals surface area contributed by atoms with Gasteiger partial charge in [-0.2, -0.15) is 0 Å². The molecule has 0 fully saturated rings. The van der Waals surface area contributed by atoms with E-state index in [-0.39, 0.29) is 17.4 Å². The Bertz CT molecular complexity index is 466. The van der Waals surface area contributed by atoms with Gasteiger partial charge in [-0.25, -0.2) is 9.97 Å². The molecular formula is C16H30N4O. The fourth-order valence-electron chi connectivity index (χ4n) is 1.80. The summed E-state index contributed by atoms with van der Waals surface area (Å²) in [5, 5.41) is 16.5. The first-order valence-electron chi connectivity index (χ1n) is 7.71. The molecule has 0 aliphatic rings. The number of hydrogen-bond donors (Lipinski definition) is 3. The summed E-state index contributed by atoms with van der Waals surface area (Å²) in [7, 11) is 0. The molecule has 0 bridgehead atoms. The van der Waals surface area contributed by atoms with Gasteiger partial charge >= 0.3 is 0 Å². The molecule has 0 saturated carbocycles. The van der Waals surface area contributed by atoms with Crippen LogP contribution in [0, 0.1) is 12.8 Å². The average Bonchev–Trinajstić information content (AvgIpc) is 2.38. The zero-order valence-electron chi connectivity index (χ0n) is 14.4. The third kappa shape index (κ3) is 4.84. The van der Waals surface area contributed by atoms with Crippen LogP contribution in [0.25, 0.3) is 0 Å². The van der Waals surface area contributed by atoms with Gasteiger partial charge in [0.05, 0.1) is 6.10 Å². The molecule has 21 heavy (non-hydrogen) atoms. The Morgan fingerprint density at radius 2 is 1.62 bits per heavy atom. The molecule has 5 nitrogen and oxygen atoms in total. The number of nitrogens with one attached hydrogen (secondary N) is 2. The molecule has 1 rings (SSSR count). The molecule has 3 N–H and O–H groups in total. The second-order valence-corrected chi connectivity index (χ2v) is 6.84. The van der Waals surface area contributed by atoms with Crippen LogP contribution in [-0.4, -0.2) is 34.3 Å². The van der Waals surface area contributed by atoms with Crippen molar-refractivity contribution >= 4 is 11.6 Å². The molecule has 1 heterocycles. The van der Waals surface area contributed by atoms with Gasteiger partial charge in [0.25, 0.3) is 0 Å². The zero-order chi connectivity index (χ0) is 16.2. The monoisotopic (exact) mass is 294 g/mol. The van der Waals surface area contributed by atoms with E-state index in [0.717, 1.165) is 29.6 Å². The third-order valence-electron chi connectivity index (χ3n) is 3.41. The number of aliphatic hydroxyl groups excluding tert-OH is 1. The van der Waals surface area contributed by atoms with Gasteiger partial charge in [-0.15, -0.1) is 0 Å². The van der Waals surface area contributed by atoms with Crippen molar-refractivity contribution in [2.45, 2.75) is 60.0 Å². The van der Waals surface area contributed by atoms with Crippen LogP contribution in [-0.2, 0) is 5.41 Å². The first kappa shape index (κ1) is 17.7. The van der Waals surface area contributed by atoms with E-state index >= 15 is 0 Å². The summed E-state index contributed by atoms with van der Waals surface area (Å²) in [6, 6.07) is 0. The van der Waals surface area contributed by atoms with Crippen LogP contribution in [0.1, 0.15) is 52.9 Å². The van der Waals surface area contributed by atoms with E-state index in [9.17, 15) is 5.11 Å². The van der Waals surface area contributed by atoms with Crippen LogP contribution in [0.5, 0.6) is 0 Å². The van der Waals surface area contributed by atoms with Crippen molar-refractivity contribution < 1.29 is 5.11 Å². The Balaban J connectivity index is 3.08. The molecule has 0 amide bonds. The summed E-state index contributed by atoms with van der Waals surface area (Å²) in [6.07, 6.45) is -0.389. The minimum absolute atomic E-state index is 0.120. The number of aliphatic hydroxyl groups is 1. The zero-order valence-corrected chi connectivity index (χ0v) is 14.4. The Kier molecular flexibility index (Phi) is 5.96. The molecule has 120 valence electrons. The number of aromatic nitrogens is 2. The van der Waals surface area contributed by atoms with Gasteiger partial charge < -0.3 is 15.7 Å². The largest absolute Gasteiger partial charge is 0.391 e. The van der Waals surface area contributed by atoms with Crippen molar-refractivity contribution in [3.8, 4) is 0 Å². The van der Waals surface area contributed by atoms with E-state index in [0.29, 0.717) is 6.54 Å². The van der Waals surface area contributed by atoms with E-state index in [1.54, 1.807) is 0 Å². The average molecular weight is 294 g/mol. The topological polar surface area (TPSA) is 70.1 Å². The molecule has 1 aromatic rings. The molecule has 0 spiro atoms. The third-order valence-corrected chi connectivity index (χ3v) is 3.41. The Hall–Kier alpha value is -1.36. The van der Waals surface area contributed by atoms with Crippen molar-refractivity contribution in [1.82, 2.24) is 9.97 Å². The summed E-state index contributed by atoms with van der Waals surface area (Å²) in [5.41, 5.74) is 0.867. The highest BCUT2D eigenvalue weighted by atomic mass is 16.3. The standard InChI is InChI=1S/C16H30N4O/c1-8-17-13-11(4)14(18-9-12(21)10(2)3)20-15(19-13)16(5,6)7/h10,12,21H,8-9H2,1-7H3,(H2,17,18,19,20). The molecule has 0 aromatic carbocycles. The minimum Gasteiger partial charge on any atom is -0.391 e. The molecular weight excluding hydrogens is 264 g/mol. The highest BCUT2D eigenvalue weighted by Crippen LogP contribution is 2.26. The quantitative estimate of drug-likeness (QED) is 0.752. The number of rotatable bonds is 6. The molecule has 0 saturated heterocycles. The van der Waals surface area contributed by atoms with E-state index in [4.69, 9.17) is 0 Å². The number of hydrogen-bond acceptors (Lipinski definition) is 5. The minimum atomic E-state index is -0.389. The lowest BCUT2D eigenvalue weighted by Gasteiger charge is -2.22. The van der Waals surface area contributed by atoms with Crippen molar-refractivity contribution in [3.05, 3.63) is 11.4 Å². The van der Waals surface area contributed by atoms with Crippen LogP contribution in [0.3, 0.4) is 0 Å². The van der Waals surface area contributed by atoms with Gasteiger partial charge in [0.15, 0.2) is 0 Å². The van der Waals surface area contributed by atoms with Gasteiger partial charge in [-0.3, -0.25) is 0 Å². The molecule has 0 radical (unpaired) electrons. The second kappa shape index (κ2) is 7.07. The van der Waals surface area contributed by atoms with Crippen molar-refractivity contribution in [1.29, 1.82) is 0 Å². The van der Waals surface area contributed by atoms with Crippen molar-refractivity contribution in [2.24, 2.45) is 5.92 Å². The predicted octanol–water partition coefficient (Wildman–Crippen LogP) is 2.94. The smallest absolute Gasteiger partial charge is 0.138 e. The van der Waals surface area contributed by atoms with Crippen LogP contribution in [0.4, 0.5) is 11.6 Å². The van der Waals surface area contributed by atoms with Gasteiger partial charge in [0.1, 0.15) is 17.5 Å². The van der Waals surface area contributed by atoms with Gasteiger partial charge in [0.2, 0.25) is 0 Å². The summed E-state index contributed by atoms with van der Waals surface area (Å²) in [4.78, 5) is 9.28. The predicted molar refractivity (Wildman–Crippen MR) is 89.0 cm³/mol. The molecule has 1 unspecified atom stereocenters. The summed E-state index contributed by atoms with van der Waals surface area (Å²) in [5.74, 6) is 2.67. The van der Waals surface area contributed by atoms with E-state index in [1.165, 1.54) is 0 Å². The first-order chi connectivity index (χ1) is 9.66. The lowest BCUT2D eigenvalue weighted by atomic mass is 9.95. The van der Waals surface area contributed by atoms with E-state index in [2.05, 4.69) is 41.4 Å². The maximum absolute atomic E-state index is 9.96. The maximum atomic E-state index is 9.96. The Labute approximate surface area is 128 Å². The lowest BCUT2D eigenvalue weighted by Crippen LogP contribution is -2.26. The second-order valence-electron chi connectivity index (χ2n) is 6.84. The van der Waals surface area contributed by atoms with Crippen LogP contribution < -0.4 is 10.6 Å². The normalized spacial score (nSPS) is 13.4. The van der Waals surface area contributed by atoms with Crippen LogP contribution in [0.2, 0.25) is 0 Å². The number of anilines is 2. The highest BCUT2D eigenvalue weighted by molar-refractivity contribution is 5.57. The number of nitrogens with zero attached hydrogens (tertiary/aromatic N) is 2. The van der Waals surface area contributed by atoms with E-state index in [1.807, 2.05) is 27.7 Å². The molecule has 5 heteroatoms. The lowest BCUT2D eigenvalue weighted by molar-refractivity contribution is 0.138. The van der Waals surface area contributed by atoms with Crippen molar-refractivity contribution in [3.63, 3.8) is 0 Å². The summed E-state index contributed by atoms with van der Waals surface area (Å²) in [6.45, 7) is 15.6. The van der Waals surface area contributed by atoms with Crippen LogP contribution >= 0.6 is 0 Å². The molecule has 1 aromatic heterocycles. The fraction of sp³-hybridized carbons (Fsp3) is 0.750. The fourth-order valence-corrected chi connectivity index (χ4v) is 1.80. The summed E-state index contributed by atoms with van der Waals surface area (Å²) >= 11 is 0. The maximum Gasteiger partial charge on any atom is 0.138 e. The first-order valence-corrected chi connectivity index (χ1v) is 7.71. The Morgan fingerprint density at radius 1 is 1.10 bits per heavy atom. The Morgan fingerprint density at radius 3 is 2.05 bits per heavy atom. The van der Waals surface area contributed by atoms with Gasteiger partial charge in [0, 0.05) is 24.1 Å². The summed E-state index contributed by atoms with van der Waals surface area (Å²) < 4.78 is 0. The van der Waals surface area contributed by atoms with Gasteiger partial charge in [-0.1, -0.05) is 34.6 Å². The van der Waals surface area contributed by atoms with Gasteiger partial charge in [-0.05, 0) is 19.8 Å². The van der Waals surface area contributed by atoms with Crippen LogP contribution in [0.15, 0.2) is 0 Å². The molecule has 0 aliphatic carbocycles. The highest BCUT2D eigenvalue weighted by Gasteiger charge is 2.21. The SMILES string of the molecule is CCNc1nc(C(C)(C)C)nc(NCC(O)C(C)C)c1C. The van der Waals surface area contributed by atoms with E-state index < -0.39 is 0 Å². The van der Waals surface area contributed by atoms with Crippen molar-refractivity contribution in [2.75, 3.05) is 23.7 Å². The molecule has 1 atom stereocenters.